The fraction of sp³-hybridized carbons (Fsp3) is 0.714. The minimum atomic E-state index is -0.0557. The zero-order valence-corrected chi connectivity index (χ0v) is 11.6. The van der Waals surface area contributed by atoms with Crippen molar-refractivity contribution in [3.8, 4) is 0 Å². The Morgan fingerprint density at radius 1 is 1.42 bits per heavy atom. The van der Waals surface area contributed by atoms with Crippen LogP contribution in [0.5, 0.6) is 0 Å². The van der Waals surface area contributed by atoms with Gasteiger partial charge in [0, 0.05) is 24.8 Å². The number of rotatable bonds is 1. The van der Waals surface area contributed by atoms with Gasteiger partial charge in [0.05, 0.1) is 6.61 Å². The molecule has 0 saturated carbocycles. The molecule has 3 rings (SSSR count). The Morgan fingerprint density at radius 2 is 2.26 bits per heavy atom. The van der Waals surface area contributed by atoms with Crippen molar-refractivity contribution in [2.45, 2.75) is 39.0 Å². The number of nitrogens with one attached hydrogen (secondary N) is 2. The van der Waals surface area contributed by atoms with E-state index in [4.69, 9.17) is 4.74 Å². The Kier molecular flexibility index (Phi) is 3.09. The second-order valence-corrected chi connectivity index (χ2v) is 6.39. The molecule has 0 aliphatic carbocycles. The van der Waals surface area contributed by atoms with E-state index in [1.54, 1.807) is 0 Å². The topological polar surface area (TPSA) is 67.0 Å². The fourth-order valence-corrected chi connectivity index (χ4v) is 2.84. The number of aromatic amines is 1. The Labute approximate surface area is 113 Å². The van der Waals surface area contributed by atoms with Gasteiger partial charge in [0.1, 0.15) is 11.5 Å². The average molecular weight is 263 g/mol. The first-order valence-corrected chi connectivity index (χ1v) is 7.00. The van der Waals surface area contributed by atoms with Gasteiger partial charge in [-0.3, -0.25) is 4.79 Å². The van der Waals surface area contributed by atoms with E-state index in [1.807, 2.05) is 0 Å². The van der Waals surface area contributed by atoms with Crippen LogP contribution in [-0.2, 0) is 11.2 Å². The molecule has 5 nitrogen and oxygen atoms in total. The van der Waals surface area contributed by atoms with Gasteiger partial charge in [-0.1, -0.05) is 13.8 Å². The van der Waals surface area contributed by atoms with Crippen molar-refractivity contribution in [1.82, 2.24) is 15.3 Å². The lowest BCUT2D eigenvalue weighted by Gasteiger charge is -2.22. The minimum absolute atomic E-state index is 0.0557. The summed E-state index contributed by atoms with van der Waals surface area (Å²) in [5.74, 6) is 1.16. The number of imidazole rings is 1. The molecular weight excluding hydrogens is 242 g/mol. The third kappa shape index (κ3) is 2.52. The lowest BCUT2D eigenvalue weighted by Crippen LogP contribution is -2.32. The number of fused-ring (bicyclic) bond motifs is 1. The van der Waals surface area contributed by atoms with Crippen LogP contribution in [0, 0.1) is 5.41 Å². The monoisotopic (exact) mass is 263 g/mol. The highest BCUT2D eigenvalue weighted by Gasteiger charge is 2.31. The summed E-state index contributed by atoms with van der Waals surface area (Å²) in [6.07, 6.45) is 2.99. The molecule has 0 bridgehead atoms. The standard InChI is InChI=1S/C14H21N3O2/c1-14(2)6-10-11(13(18)15-8-14)17-12(16-10)9-4-3-5-19-7-9/h9H,3-8H2,1-2H3,(H,15,18)(H,16,17)/t9-/m1/s1. The fourth-order valence-electron chi connectivity index (χ4n) is 2.84. The van der Waals surface area contributed by atoms with E-state index >= 15 is 0 Å². The van der Waals surface area contributed by atoms with Crippen LogP contribution in [0.25, 0.3) is 0 Å². The van der Waals surface area contributed by atoms with Gasteiger partial charge >= 0.3 is 0 Å². The van der Waals surface area contributed by atoms with E-state index in [9.17, 15) is 4.79 Å². The largest absolute Gasteiger partial charge is 0.381 e. The van der Waals surface area contributed by atoms with Crippen LogP contribution >= 0.6 is 0 Å². The Balaban J connectivity index is 1.90. The molecule has 1 fully saturated rings. The van der Waals surface area contributed by atoms with E-state index in [0.29, 0.717) is 24.8 Å². The number of hydrogen-bond donors (Lipinski definition) is 2. The van der Waals surface area contributed by atoms with Gasteiger partial charge in [0.2, 0.25) is 0 Å². The summed E-state index contributed by atoms with van der Waals surface area (Å²) in [6, 6.07) is 0. The second kappa shape index (κ2) is 4.63. The third-order valence-electron chi connectivity index (χ3n) is 3.94. The van der Waals surface area contributed by atoms with E-state index < -0.39 is 0 Å². The molecule has 1 aromatic heterocycles. The van der Waals surface area contributed by atoms with Crippen LogP contribution in [0.1, 0.15) is 54.6 Å². The van der Waals surface area contributed by atoms with Crippen LogP contribution in [0.2, 0.25) is 0 Å². The molecule has 1 amide bonds. The van der Waals surface area contributed by atoms with Crippen LogP contribution in [0.15, 0.2) is 0 Å². The van der Waals surface area contributed by atoms with Crippen molar-refractivity contribution in [2.24, 2.45) is 5.41 Å². The molecule has 2 aliphatic rings. The zero-order chi connectivity index (χ0) is 13.5. The molecule has 0 unspecified atom stereocenters. The first-order chi connectivity index (χ1) is 9.05. The molecule has 1 atom stereocenters. The summed E-state index contributed by atoms with van der Waals surface area (Å²) < 4.78 is 5.50. The van der Waals surface area contributed by atoms with Crippen LogP contribution in [0.4, 0.5) is 0 Å². The summed E-state index contributed by atoms with van der Waals surface area (Å²) in [4.78, 5) is 20.0. The zero-order valence-electron chi connectivity index (χ0n) is 11.6. The molecule has 1 saturated heterocycles. The number of aromatic nitrogens is 2. The van der Waals surface area contributed by atoms with Gasteiger partial charge < -0.3 is 15.0 Å². The summed E-state index contributed by atoms with van der Waals surface area (Å²) in [5.41, 5.74) is 1.61. The maximum Gasteiger partial charge on any atom is 0.271 e. The predicted octanol–water partition coefficient (Wildman–Crippen LogP) is 1.62. The molecule has 5 heteroatoms. The van der Waals surface area contributed by atoms with Gasteiger partial charge in [-0.15, -0.1) is 0 Å². The number of carbonyl (C=O) groups is 1. The predicted molar refractivity (Wildman–Crippen MR) is 71.2 cm³/mol. The normalized spacial score (nSPS) is 26.4. The van der Waals surface area contributed by atoms with Gasteiger partial charge in [0.15, 0.2) is 0 Å². The van der Waals surface area contributed by atoms with Crippen LogP contribution in [-0.4, -0.2) is 35.6 Å². The first kappa shape index (κ1) is 12.7. The first-order valence-electron chi connectivity index (χ1n) is 7.00. The maximum absolute atomic E-state index is 12.1. The molecule has 1 aromatic rings. The number of hydrogen-bond acceptors (Lipinski definition) is 3. The summed E-state index contributed by atoms with van der Waals surface area (Å²) in [5, 5.41) is 2.95. The third-order valence-corrected chi connectivity index (χ3v) is 3.94. The van der Waals surface area contributed by atoms with Crippen molar-refractivity contribution < 1.29 is 9.53 Å². The van der Waals surface area contributed by atoms with E-state index in [1.165, 1.54) is 0 Å². The number of carbonyl (C=O) groups excluding carboxylic acids is 1. The molecule has 2 N–H and O–H groups in total. The van der Waals surface area contributed by atoms with E-state index in [-0.39, 0.29) is 11.3 Å². The van der Waals surface area contributed by atoms with Crippen molar-refractivity contribution in [3.63, 3.8) is 0 Å². The summed E-state index contributed by atoms with van der Waals surface area (Å²) >= 11 is 0. The molecule has 104 valence electrons. The van der Waals surface area contributed by atoms with Gasteiger partial charge in [-0.2, -0.15) is 0 Å². The van der Waals surface area contributed by atoms with Crippen molar-refractivity contribution in [3.05, 3.63) is 17.2 Å². The molecule has 0 spiro atoms. The molecule has 0 radical (unpaired) electrons. The SMILES string of the molecule is CC1(C)CNC(=O)c2nc([C@@H]3CCCOC3)[nH]c2C1. The molecule has 0 aromatic carbocycles. The van der Waals surface area contributed by atoms with Crippen molar-refractivity contribution in [1.29, 1.82) is 0 Å². The summed E-state index contributed by atoms with van der Waals surface area (Å²) in [6.45, 7) is 6.55. The number of amides is 1. The number of ether oxygens (including phenoxy) is 1. The highest BCUT2D eigenvalue weighted by Crippen LogP contribution is 2.29. The Morgan fingerprint density at radius 3 is 3.00 bits per heavy atom. The smallest absolute Gasteiger partial charge is 0.271 e. The highest BCUT2D eigenvalue weighted by atomic mass is 16.5. The van der Waals surface area contributed by atoms with Gasteiger partial charge in [-0.25, -0.2) is 4.98 Å². The second-order valence-electron chi connectivity index (χ2n) is 6.39. The van der Waals surface area contributed by atoms with Crippen molar-refractivity contribution >= 4 is 5.91 Å². The van der Waals surface area contributed by atoms with Gasteiger partial charge in [-0.05, 0) is 24.7 Å². The minimum Gasteiger partial charge on any atom is -0.381 e. The summed E-state index contributed by atoms with van der Waals surface area (Å²) in [7, 11) is 0. The lowest BCUT2D eigenvalue weighted by molar-refractivity contribution is 0.0780. The molecule has 19 heavy (non-hydrogen) atoms. The average Bonchev–Trinajstić information content (AvgIpc) is 2.76. The molecular formula is C14H21N3O2. The molecule has 3 heterocycles. The number of nitrogens with zero attached hydrogens (tertiary/aromatic N) is 1. The quantitative estimate of drug-likeness (QED) is 0.809. The van der Waals surface area contributed by atoms with E-state index in [2.05, 4.69) is 29.1 Å². The Hall–Kier alpha value is -1.36. The maximum atomic E-state index is 12.1. The van der Waals surface area contributed by atoms with Crippen LogP contribution in [0.3, 0.4) is 0 Å². The van der Waals surface area contributed by atoms with Crippen LogP contribution < -0.4 is 5.32 Å². The molecule has 2 aliphatic heterocycles. The van der Waals surface area contributed by atoms with Gasteiger partial charge in [0.25, 0.3) is 5.91 Å². The lowest BCUT2D eigenvalue weighted by atomic mass is 9.88. The van der Waals surface area contributed by atoms with Crippen molar-refractivity contribution in [2.75, 3.05) is 19.8 Å². The number of H-pyrrole nitrogens is 1. The van der Waals surface area contributed by atoms with E-state index in [0.717, 1.165) is 37.4 Å². The Bertz CT molecular complexity index is 487. The highest BCUT2D eigenvalue weighted by molar-refractivity contribution is 5.94.